The maximum atomic E-state index is 11.0. The number of primary amides is 1. The largest absolute Gasteiger partial charge is 0.478 e. The molecule has 0 saturated carbocycles. The first kappa shape index (κ1) is 17.2. The molecule has 0 fully saturated rings. The Kier molecular flexibility index (Phi) is 4.94. The summed E-state index contributed by atoms with van der Waals surface area (Å²) in [6.45, 7) is 0. The fourth-order valence-electron chi connectivity index (χ4n) is 2.85. The second kappa shape index (κ2) is 7.49. The van der Waals surface area contributed by atoms with Crippen molar-refractivity contribution in [1.29, 1.82) is 0 Å². The van der Waals surface area contributed by atoms with E-state index in [9.17, 15) is 9.59 Å². The van der Waals surface area contributed by atoms with E-state index in [2.05, 4.69) is 0 Å². The van der Waals surface area contributed by atoms with Gasteiger partial charge in [0.05, 0.1) is 5.56 Å². The molecule has 1 amide bonds. The molecule has 0 spiro atoms. The Labute approximate surface area is 150 Å². The summed E-state index contributed by atoms with van der Waals surface area (Å²) < 4.78 is 0. The first-order valence-electron chi connectivity index (χ1n) is 8.06. The number of carboxylic acid groups (broad SMARTS) is 1. The van der Waals surface area contributed by atoms with Gasteiger partial charge in [-0.15, -0.1) is 0 Å². The van der Waals surface area contributed by atoms with E-state index in [-0.39, 0.29) is 5.91 Å². The van der Waals surface area contributed by atoms with Gasteiger partial charge in [0.2, 0.25) is 5.91 Å². The van der Waals surface area contributed by atoms with Crippen molar-refractivity contribution in [1.82, 2.24) is 0 Å². The normalized spacial score (nSPS) is 10.2. The molecule has 4 nitrogen and oxygen atoms in total. The molecule has 0 radical (unpaired) electrons. The smallest absolute Gasteiger partial charge is 0.336 e. The van der Waals surface area contributed by atoms with Crippen molar-refractivity contribution in [2.75, 3.05) is 0 Å². The first-order chi connectivity index (χ1) is 12.6. The number of hydrogen-bond donors (Lipinski definition) is 2. The Morgan fingerprint density at radius 2 is 1.04 bits per heavy atom. The SMILES string of the molecule is NC(=O)c1cccc2ccccc12.O=C(O)c1cccc2ccccc12. The average molecular weight is 343 g/mol. The molecule has 4 aromatic rings. The number of amides is 1. The summed E-state index contributed by atoms with van der Waals surface area (Å²) in [6.07, 6.45) is 0. The summed E-state index contributed by atoms with van der Waals surface area (Å²) in [4.78, 5) is 21.9. The Balaban J connectivity index is 0.000000151. The summed E-state index contributed by atoms with van der Waals surface area (Å²) in [5, 5.41) is 12.6. The second-order valence-corrected chi connectivity index (χ2v) is 5.72. The molecule has 4 aromatic carbocycles. The standard InChI is InChI=1S/C11H9NO.C11H8O2/c2*12-11(13)10-7-3-5-8-4-1-2-6-9(8)10/h1-7H,(H2,12,13);1-7H,(H,12,13). The van der Waals surface area contributed by atoms with Gasteiger partial charge >= 0.3 is 5.97 Å². The number of rotatable bonds is 2. The lowest BCUT2D eigenvalue weighted by Crippen LogP contribution is -2.11. The number of fused-ring (bicyclic) bond motifs is 2. The van der Waals surface area contributed by atoms with Gasteiger partial charge in [0.1, 0.15) is 0 Å². The number of carboxylic acids is 1. The minimum Gasteiger partial charge on any atom is -0.478 e. The molecule has 0 unspecified atom stereocenters. The van der Waals surface area contributed by atoms with Crippen LogP contribution in [-0.4, -0.2) is 17.0 Å². The number of benzene rings is 4. The molecule has 0 aliphatic carbocycles. The van der Waals surface area contributed by atoms with Gasteiger partial charge in [0.15, 0.2) is 0 Å². The highest BCUT2D eigenvalue weighted by atomic mass is 16.4. The van der Waals surface area contributed by atoms with Crippen LogP contribution in [-0.2, 0) is 0 Å². The predicted molar refractivity (Wildman–Crippen MR) is 103 cm³/mol. The van der Waals surface area contributed by atoms with Crippen molar-refractivity contribution >= 4 is 33.4 Å². The van der Waals surface area contributed by atoms with E-state index in [1.165, 1.54) is 0 Å². The predicted octanol–water partition coefficient (Wildman–Crippen LogP) is 4.48. The van der Waals surface area contributed by atoms with Crippen LogP contribution in [0.2, 0.25) is 0 Å². The van der Waals surface area contributed by atoms with E-state index in [1.54, 1.807) is 18.2 Å². The molecule has 128 valence electrons. The number of hydrogen-bond acceptors (Lipinski definition) is 2. The maximum Gasteiger partial charge on any atom is 0.336 e. The van der Waals surface area contributed by atoms with E-state index >= 15 is 0 Å². The van der Waals surface area contributed by atoms with Gasteiger partial charge in [-0.3, -0.25) is 4.79 Å². The first-order valence-corrected chi connectivity index (χ1v) is 8.06. The third-order valence-electron chi connectivity index (χ3n) is 4.08. The Bertz CT molecular complexity index is 1000. The van der Waals surface area contributed by atoms with Crippen LogP contribution in [0.5, 0.6) is 0 Å². The van der Waals surface area contributed by atoms with Crippen LogP contribution in [0, 0.1) is 0 Å². The zero-order valence-electron chi connectivity index (χ0n) is 13.9. The third kappa shape index (κ3) is 3.54. The molecule has 4 rings (SSSR count). The zero-order valence-corrected chi connectivity index (χ0v) is 13.9. The highest BCUT2D eigenvalue weighted by molar-refractivity contribution is 6.06. The number of aromatic carboxylic acids is 1. The Hall–Kier alpha value is -3.66. The van der Waals surface area contributed by atoms with Crippen molar-refractivity contribution in [2.24, 2.45) is 5.73 Å². The highest BCUT2D eigenvalue weighted by Gasteiger charge is 2.06. The summed E-state index contributed by atoms with van der Waals surface area (Å²) >= 11 is 0. The summed E-state index contributed by atoms with van der Waals surface area (Å²) in [7, 11) is 0. The van der Waals surface area contributed by atoms with Crippen LogP contribution in [0.15, 0.2) is 84.9 Å². The van der Waals surface area contributed by atoms with Gasteiger partial charge in [0.25, 0.3) is 0 Å². The maximum absolute atomic E-state index is 11.0. The fraction of sp³-hybridized carbons (Fsp3) is 0. The van der Waals surface area contributed by atoms with Crippen LogP contribution in [0.1, 0.15) is 20.7 Å². The van der Waals surface area contributed by atoms with Gasteiger partial charge in [0, 0.05) is 5.56 Å². The summed E-state index contributed by atoms with van der Waals surface area (Å²) in [5.41, 5.74) is 6.18. The molecule has 0 aliphatic rings. The fourth-order valence-corrected chi connectivity index (χ4v) is 2.85. The van der Waals surface area contributed by atoms with Crippen molar-refractivity contribution in [3.8, 4) is 0 Å². The van der Waals surface area contributed by atoms with Crippen LogP contribution >= 0.6 is 0 Å². The minimum absolute atomic E-state index is 0.359. The van der Waals surface area contributed by atoms with Crippen molar-refractivity contribution < 1.29 is 14.7 Å². The van der Waals surface area contributed by atoms with Crippen molar-refractivity contribution in [2.45, 2.75) is 0 Å². The lowest BCUT2D eigenvalue weighted by atomic mass is 10.0. The number of carbonyl (C=O) groups excluding carboxylic acids is 1. The van der Waals surface area contributed by atoms with Gasteiger partial charge in [-0.2, -0.15) is 0 Å². The molecule has 0 atom stereocenters. The quantitative estimate of drug-likeness (QED) is 0.563. The topological polar surface area (TPSA) is 80.4 Å². The highest BCUT2D eigenvalue weighted by Crippen LogP contribution is 2.18. The minimum atomic E-state index is -0.878. The molecule has 0 heterocycles. The van der Waals surface area contributed by atoms with E-state index < -0.39 is 5.97 Å². The second-order valence-electron chi connectivity index (χ2n) is 5.72. The molecule has 0 aliphatic heterocycles. The monoisotopic (exact) mass is 343 g/mol. The van der Waals surface area contributed by atoms with Gasteiger partial charge in [-0.1, -0.05) is 72.8 Å². The molecular formula is C22H17NO3. The summed E-state index contributed by atoms with van der Waals surface area (Å²) in [5.74, 6) is -1.26. The van der Waals surface area contributed by atoms with Crippen molar-refractivity contribution in [3.63, 3.8) is 0 Å². The molecule has 0 saturated heterocycles. The van der Waals surface area contributed by atoms with Crippen LogP contribution in [0.3, 0.4) is 0 Å². The van der Waals surface area contributed by atoms with E-state index in [4.69, 9.17) is 10.8 Å². The lowest BCUT2D eigenvalue weighted by Gasteiger charge is -2.01. The van der Waals surface area contributed by atoms with Gasteiger partial charge in [-0.25, -0.2) is 4.79 Å². The molecule has 0 aromatic heterocycles. The van der Waals surface area contributed by atoms with Crippen LogP contribution < -0.4 is 5.73 Å². The number of nitrogens with two attached hydrogens (primary N) is 1. The average Bonchev–Trinajstić information content (AvgIpc) is 2.67. The number of carbonyl (C=O) groups is 2. The Morgan fingerprint density at radius 1 is 0.615 bits per heavy atom. The Morgan fingerprint density at radius 3 is 1.54 bits per heavy atom. The van der Waals surface area contributed by atoms with E-state index in [0.29, 0.717) is 11.1 Å². The van der Waals surface area contributed by atoms with Gasteiger partial charge in [-0.05, 0) is 33.7 Å². The lowest BCUT2D eigenvalue weighted by molar-refractivity contribution is 0.0698. The zero-order chi connectivity index (χ0) is 18.5. The molecular weight excluding hydrogens is 326 g/mol. The third-order valence-corrected chi connectivity index (χ3v) is 4.08. The van der Waals surface area contributed by atoms with Crippen molar-refractivity contribution in [3.05, 3.63) is 96.1 Å². The van der Waals surface area contributed by atoms with E-state index in [0.717, 1.165) is 21.5 Å². The van der Waals surface area contributed by atoms with Gasteiger partial charge < -0.3 is 10.8 Å². The van der Waals surface area contributed by atoms with Crippen LogP contribution in [0.4, 0.5) is 0 Å². The van der Waals surface area contributed by atoms with E-state index in [1.807, 2.05) is 66.7 Å². The molecule has 4 heteroatoms. The molecule has 26 heavy (non-hydrogen) atoms. The van der Waals surface area contributed by atoms with Crippen LogP contribution in [0.25, 0.3) is 21.5 Å². The summed E-state index contributed by atoms with van der Waals surface area (Å²) in [6, 6.07) is 26.0. The molecule has 0 bridgehead atoms. The molecule has 3 N–H and O–H groups in total.